The molecular weight excluding hydrogens is 458 g/mol. The summed E-state index contributed by atoms with van der Waals surface area (Å²) in [5, 5.41) is 13.1. The summed E-state index contributed by atoms with van der Waals surface area (Å²) in [5.74, 6) is 1.75. The van der Waals surface area contributed by atoms with Crippen molar-refractivity contribution in [2.24, 2.45) is 0 Å². The van der Waals surface area contributed by atoms with Crippen molar-refractivity contribution in [2.75, 3.05) is 41.1 Å². The van der Waals surface area contributed by atoms with Crippen molar-refractivity contribution in [3.63, 3.8) is 0 Å². The number of aromatic nitrogens is 2. The van der Waals surface area contributed by atoms with Gasteiger partial charge in [0.05, 0.1) is 23.6 Å². The molecule has 1 aliphatic heterocycles. The molecule has 0 bridgehead atoms. The quantitative estimate of drug-likeness (QED) is 0.448. The van der Waals surface area contributed by atoms with Gasteiger partial charge in [0.25, 0.3) is 0 Å². The lowest BCUT2D eigenvalue weighted by molar-refractivity contribution is 0.174. The summed E-state index contributed by atoms with van der Waals surface area (Å²) in [6.07, 6.45) is 2.64. The maximum atomic E-state index is 11.5. The number of fused-ring (bicyclic) bond motifs is 1. The molecule has 0 atom stereocenters. The topological polar surface area (TPSA) is 126 Å². The molecule has 0 amide bonds. The molecule has 0 aliphatic carbocycles. The third kappa shape index (κ3) is 4.96. The van der Waals surface area contributed by atoms with E-state index in [1.165, 1.54) is 0 Å². The number of aliphatic hydroxyl groups excluding tert-OH is 1. The number of rotatable bonds is 8. The zero-order valence-electron chi connectivity index (χ0n) is 16.9. The summed E-state index contributed by atoms with van der Waals surface area (Å²) < 4.78 is 36.4. The van der Waals surface area contributed by atoms with E-state index in [1.807, 2.05) is 0 Å². The molecule has 32 heavy (non-hydrogen) atoms. The first-order chi connectivity index (χ1) is 15.3. The van der Waals surface area contributed by atoms with Gasteiger partial charge in [0.1, 0.15) is 11.5 Å². The number of nitrogens with zero attached hydrogens (tertiary/aromatic N) is 3. The van der Waals surface area contributed by atoms with Crippen molar-refractivity contribution < 1.29 is 23.0 Å². The van der Waals surface area contributed by atoms with E-state index >= 15 is 0 Å². The SMILES string of the molecule is CS(=O)(=O)Nc1cccc(Nc2nccc(N(CCO)c3c(Cl)ccc4c3OCO4)n2)c1. The van der Waals surface area contributed by atoms with Crippen LogP contribution in [0.5, 0.6) is 11.5 Å². The summed E-state index contributed by atoms with van der Waals surface area (Å²) in [6, 6.07) is 11.8. The monoisotopic (exact) mass is 477 g/mol. The average molecular weight is 478 g/mol. The number of halogens is 1. The Labute approximate surface area is 189 Å². The first kappa shape index (κ1) is 21.9. The van der Waals surface area contributed by atoms with Crippen LogP contribution in [0, 0.1) is 0 Å². The van der Waals surface area contributed by atoms with E-state index in [4.69, 9.17) is 21.1 Å². The third-order valence-electron chi connectivity index (χ3n) is 4.40. The Bertz CT molecular complexity index is 1240. The molecule has 2 aromatic carbocycles. The minimum Gasteiger partial charge on any atom is -0.454 e. The fourth-order valence-corrected chi connectivity index (χ4v) is 4.00. The molecule has 0 radical (unpaired) electrons. The highest BCUT2D eigenvalue weighted by Gasteiger charge is 2.26. The van der Waals surface area contributed by atoms with Crippen molar-refractivity contribution >= 4 is 50.5 Å². The molecule has 4 rings (SSSR count). The van der Waals surface area contributed by atoms with Gasteiger partial charge >= 0.3 is 0 Å². The smallest absolute Gasteiger partial charge is 0.231 e. The Hall–Kier alpha value is -3.28. The summed E-state index contributed by atoms with van der Waals surface area (Å²) >= 11 is 6.45. The van der Waals surface area contributed by atoms with Gasteiger partial charge in [-0.25, -0.2) is 13.4 Å². The molecule has 12 heteroatoms. The second-order valence-corrected chi connectivity index (χ2v) is 8.98. The fourth-order valence-electron chi connectivity index (χ4n) is 3.19. The van der Waals surface area contributed by atoms with E-state index in [0.29, 0.717) is 39.4 Å². The van der Waals surface area contributed by atoms with Gasteiger partial charge in [-0.2, -0.15) is 4.98 Å². The van der Waals surface area contributed by atoms with Crippen LogP contribution in [0.25, 0.3) is 0 Å². The lowest BCUT2D eigenvalue weighted by Crippen LogP contribution is -2.23. The first-order valence-corrected chi connectivity index (χ1v) is 11.8. The molecule has 0 fully saturated rings. The van der Waals surface area contributed by atoms with Crippen LogP contribution in [-0.2, 0) is 10.0 Å². The highest BCUT2D eigenvalue weighted by atomic mass is 35.5. The number of hydrogen-bond donors (Lipinski definition) is 3. The van der Waals surface area contributed by atoms with Crippen LogP contribution in [0.1, 0.15) is 0 Å². The Morgan fingerprint density at radius 2 is 2.00 bits per heavy atom. The minimum absolute atomic E-state index is 0.0735. The van der Waals surface area contributed by atoms with Crippen molar-refractivity contribution in [2.45, 2.75) is 0 Å². The molecule has 10 nitrogen and oxygen atoms in total. The second-order valence-electron chi connectivity index (χ2n) is 6.82. The fraction of sp³-hybridized carbons (Fsp3) is 0.200. The zero-order valence-corrected chi connectivity index (χ0v) is 18.5. The van der Waals surface area contributed by atoms with Crippen LogP contribution in [0.3, 0.4) is 0 Å². The van der Waals surface area contributed by atoms with Gasteiger partial charge in [-0.05, 0) is 36.4 Å². The maximum absolute atomic E-state index is 11.5. The second kappa shape index (κ2) is 9.07. The first-order valence-electron chi connectivity index (χ1n) is 9.48. The maximum Gasteiger partial charge on any atom is 0.231 e. The van der Waals surface area contributed by atoms with Crippen LogP contribution in [0.2, 0.25) is 5.02 Å². The zero-order chi connectivity index (χ0) is 22.7. The summed E-state index contributed by atoms with van der Waals surface area (Å²) in [6.45, 7) is 0.112. The molecule has 0 spiro atoms. The van der Waals surface area contributed by atoms with Crippen LogP contribution in [0.15, 0.2) is 48.7 Å². The minimum atomic E-state index is -3.40. The number of benzene rings is 2. The lowest BCUT2D eigenvalue weighted by atomic mass is 10.2. The molecule has 0 unspecified atom stereocenters. The number of aliphatic hydroxyl groups is 1. The highest BCUT2D eigenvalue weighted by Crippen LogP contribution is 2.47. The summed E-state index contributed by atoms with van der Waals surface area (Å²) in [7, 11) is -3.40. The summed E-state index contributed by atoms with van der Waals surface area (Å²) in [5.41, 5.74) is 1.51. The molecule has 0 saturated carbocycles. The number of hydrogen-bond acceptors (Lipinski definition) is 9. The third-order valence-corrected chi connectivity index (χ3v) is 5.31. The van der Waals surface area contributed by atoms with E-state index in [0.717, 1.165) is 6.26 Å². The van der Waals surface area contributed by atoms with Gasteiger partial charge in [-0.15, -0.1) is 0 Å². The van der Waals surface area contributed by atoms with Crippen LogP contribution < -0.4 is 24.4 Å². The van der Waals surface area contributed by atoms with E-state index in [1.54, 1.807) is 53.6 Å². The van der Waals surface area contributed by atoms with E-state index in [2.05, 4.69) is 20.0 Å². The Kier molecular flexibility index (Phi) is 6.21. The number of nitrogens with one attached hydrogen (secondary N) is 2. The number of anilines is 5. The largest absolute Gasteiger partial charge is 0.454 e. The van der Waals surface area contributed by atoms with Gasteiger partial charge in [-0.3, -0.25) is 4.72 Å². The predicted octanol–water partition coefficient (Wildman–Crippen LogP) is 3.10. The van der Waals surface area contributed by atoms with E-state index in [-0.39, 0.29) is 25.9 Å². The van der Waals surface area contributed by atoms with Gasteiger partial charge < -0.3 is 24.8 Å². The Morgan fingerprint density at radius 1 is 1.19 bits per heavy atom. The molecule has 1 aliphatic rings. The van der Waals surface area contributed by atoms with E-state index < -0.39 is 10.0 Å². The van der Waals surface area contributed by atoms with Crippen molar-refractivity contribution in [1.29, 1.82) is 0 Å². The van der Waals surface area contributed by atoms with E-state index in [9.17, 15) is 13.5 Å². The molecular formula is C20H20ClN5O5S. The van der Waals surface area contributed by atoms with Gasteiger partial charge in [0, 0.05) is 18.4 Å². The highest BCUT2D eigenvalue weighted by molar-refractivity contribution is 7.92. The van der Waals surface area contributed by atoms with Gasteiger partial charge in [0.15, 0.2) is 11.5 Å². The Morgan fingerprint density at radius 3 is 2.78 bits per heavy atom. The molecule has 0 saturated heterocycles. The molecule has 3 N–H and O–H groups in total. The van der Waals surface area contributed by atoms with Crippen molar-refractivity contribution in [1.82, 2.24) is 9.97 Å². The van der Waals surface area contributed by atoms with Gasteiger partial charge in [0.2, 0.25) is 22.8 Å². The van der Waals surface area contributed by atoms with Crippen LogP contribution in [-0.4, -0.2) is 49.7 Å². The van der Waals surface area contributed by atoms with Crippen LogP contribution >= 0.6 is 11.6 Å². The number of ether oxygens (including phenoxy) is 2. The van der Waals surface area contributed by atoms with Crippen molar-refractivity contribution in [3.8, 4) is 11.5 Å². The van der Waals surface area contributed by atoms with Gasteiger partial charge in [-0.1, -0.05) is 17.7 Å². The lowest BCUT2D eigenvalue weighted by Gasteiger charge is -2.25. The normalized spacial score (nSPS) is 12.5. The molecule has 3 aromatic rings. The average Bonchev–Trinajstić information content (AvgIpc) is 3.20. The van der Waals surface area contributed by atoms with Crippen LogP contribution in [0.4, 0.5) is 28.8 Å². The predicted molar refractivity (Wildman–Crippen MR) is 122 cm³/mol. The van der Waals surface area contributed by atoms with Crippen molar-refractivity contribution in [3.05, 3.63) is 53.7 Å². The molecule has 1 aromatic heterocycles. The standard InChI is InChI=1S/C20H20ClN5O5S/c1-32(28,29)25-14-4-2-3-13(11-14)23-20-22-8-7-17(24-20)26(9-10-27)18-15(21)5-6-16-19(18)31-12-30-16/h2-8,11,25,27H,9-10,12H2,1H3,(H,22,23,24). The Balaban J connectivity index is 1.65. The number of sulfonamides is 1. The summed E-state index contributed by atoms with van der Waals surface area (Å²) in [4.78, 5) is 10.5. The molecule has 168 valence electrons. The molecule has 2 heterocycles.